The lowest BCUT2D eigenvalue weighted by molar-refractivity contribution is 0.467. The van der Waals surface area contributed by atoms with Gasteiger partial charge in [-0.25, -0.2) is 4.39 Å². The summed E-state index contributed by atoms with van der Waals surface area (Å²) >= 11 is 0. The third-order valence-corrected chi connectivity index (χ3v) is 2.06. The highest BCUT2D eigenvalue weighted by molar-refractivity contribution is 5.63. The number of rotatable bonds is 1. The summed E-state index contributed by atoms with van der Waals surface area (Å²) in [6.07, 6.45) is 1.47. The van der Waals surface area contributed by atoms with Crippen LogP contribution in [0.15, 0.2) is 41.3 Å². The molecule has 0 bridgehead atoms. The van der Waals surface area contributed by atoms with Gasteiger partial charge < -0.3 is 10.1 Å². The van der Waals surface area contributed by atoms with Gasteiger partial charge in [-0.15, -0.1) is 0 Å². The van der Waals surface area contributed by atoms with Crippen LogP contribution in [0.1, 0.15) is 0 Å². The summed E-state index contributed by atoms with van der Waals surface area (Å²) in [5.74, 6) is -0.677. The number of aromatic amines is 1. The molecule has 0 atom stereocenters. The van der Waals surface area contributed by atoms with Gasteiger partial charge in [-0.3, -0.25) is 4.79 Å². The normalized spacial score (nSPS) is 10.2. The third kappa shape index (κ3) is 1.88. The maximum Gasteiger partial charge on any atom is 0.290 e. The standard InChI is InChI=1S/C11H8FNO2/c12-9-3-1-7(2-4-9)8-5-10(14)11(15)13-6-8/h1-6,14H,(H,13,15). The van der Waals surface area contributed by atoms with Crippen molar-refractivity contribution < 1.29 is 9.50 Å². The summed E-state index contributed by atoms with van der Waals surface area (Å²) < 4.78 is 12.6. The molecular formula is C11H8FNO2. The van der Waals surface area contributed by atoms with E-state index in [1.54, 1.807) is 12.1 Å². The Hall–Kier alpha value is -2.10. The Bertz CT molecular complexity index is 531. The molecular weight excluding hydrogens is 197 g/mol. The molecule has 0 amide bonds. The molecule has 0 fully saturated rings. The number of pyridine rings is 1. The summed E-state index contributed by atoms with van der Waals surface area (Å²) in [6, 6.07) is 7.12. The molecule has 2 rings (SSSR count). The van der Waals surface area contributed by atoms with Gasteiger partial charge >= 0.3 is 0 Å². The molecule has 0 aliphatic rings. The van der Waals surface area contributed by atoms with Crippen molar-refractivity contribution in [3.8, 4) is 16.9 Å². The van der Waals surface area contributed by atoms with Crippen molar-refractivity contribution in [3.05, 3.63) is 52.7 Å². The van der Waals surface area contributed by atoms with E-state index in [0.717, 1.165) is 5.56 Å². The van der Waals surface area contributed by atoms with E-state index >= 15 is 0 Å². The van der Waals surface area contributed by atoms with Gasteiger partial charge in [0.2, 0.25) is 0 Å². The summed E-state index contributed by atoms with van der Waals surface area (Å²) in [6.45, 7) is 0. The number of halogens is 1. The lowest BCUT2D eigenvalue weighted by atomic mass is 10.1. The van der Waals surface area contributed by atoms with Gasteiger partial charge in [0.15, 0.2) is 5.75 Å². The van der Waals surface area contributed by atoms with Crippen molar-refractivity contribution in [1.82, 2.24) is 4.98 Å². The first kappa shape index (κ1) is 9.45. The first-order valence-corrected chi connectivity index (χ1v) is 4.34. The third-order valence-electron chi connectivity index (χ3n) is 2.06. The number of H-pyrrole nitrogens is 1. The van der Waals surface area contributed by atoms with E-state index in [2.05, 4.69) is 4.98 Å². The minimum Gasteiger partial charge on any atom is -0.503 e. The zero-order valence-electron chi connectivity index (χ0n) is 7.70. The smallest absolute Gasteiger partial charge is 0.290 e. The van der Waals surface area contributed by atoms with Gasteiger partial charge in [0.1, 0.15) is 5.82 Å². The number of aromatic nitrogens is 1. The molecule has 0 radical (unpaired) electrons. The fraction of sp³-hybridized carbons (Fsp3) is 0. The predicted molar refractivity (Wildman–Crippen MR) is 54.1 cm³/mol. The van der Waals surface area contributed by atoms with Crippen LogP contribution in [0.3, 0.4) is 0 Å². The predicted octanol–water partition coefficient (Wildman–Crippen LogP) is 1.89. The topological polar surface area (TPSA) is 53.1 Å². The minimum atomic E-state index is -0.541. The van der Waals surface area contributed by atoms with E-state index in [9.17, 15) is 14.3 Å². The van der Waals surface area contributed by atoms with Crippen molar-refractivity contribution >= 4 is 0 Å². The second kappa shape index (κ2) is 3.57. The molecule has 0 aliphatic heterocycles. The van der Waals surface area contributed by atoms with Gasteiger partial charge in [0.05, 0.1) is 0 Å². The second-order valence-corrected chi connectivity index (χ2v) is 3.11. The Labute approximate surface area is 84.8 Å². The van der Waals surface area contributed by atoms with Gasteiger partial charge in [-0.1, -0.05) is 12.1 Å². The number of nitrogens with one attached hydrogen (secondary N) is 1. The van der Waals surface area contributed by atoms with Crippen molar-refractivity contribution in [2.75, 3.05) is 0 Å². The van der Waals surface area contributed by atoms with E-state index in [0.29, 0.717) is 5.56 Å². The SMILES string of the molecule is O=c1[nH]cc(-c2ccc(F)cc2)cc1O. The molecule has 0 spiro atoms. The Morgan fingerprint density at radius 2 is 1.80 bits per heavy atom. The molecule has 1 aromatic carbocycles. The van der Waals surface area contributed by atoms with E-state index in [4.69, 9.17) is 0 Å². The van der Waals surface area contributed by atoms with Gasteiger partial charge in [0.25, 0.3) is 5.56 Å². The molecule has 76 valence electrons. The molecule has 2 N–H and O–H groups in total. The highest BCUT2D eigenvalue weighted by Crippen LogP contribution is 2.19. The Balaban J connectivity index is 2.50. The molecule has 0 aliphatic carbocycles. The van der Waals surface area contributed by atoms with Crippen molar-refractivity contribution in [2.45, 2.75) is 0 Å². The number of benzene rings is 1. The van der Waals surface area contributed by atoms with E-state index in [1.165, 1.54) is 24.4 Å². The fourth-order valence-corrected chi connectivity index (χ4v) is 1.28. The van der Waals surface area contributed by atoms with Crippen molar-refractivity contribution in [2.24, 2.45) is 0 Å². The summed E-state index contributed by atoms with van der Waals surface area (Å²) in [5, 5.41) is 9.20. The fourth-order valence-electron chi connectivity index (χ4n) is 1.28. The maximum absolute atomic E-state index is 12.6. The second-order valence-electron chi connectivity index (χ2n) is 3.11. The Kier molecular flexibility index (Phi) is 2.25. The molecule has 15 heavy (non-hydrogen) atoms. The van der Waals surface area contributed by atoms with Crippen LogP contribution in [-0.2, 0) is 0 Å². The van der Waals surface area contributed by atoms with Crippen LogP contribution < -0.4 is 5.56 Å². The average molecular weight is 205 g/mol. The molecule has 2 aromatic rings. The monoisotopic (exact) mass is 205 g/mol. The summed E-state index contributed by atoms with van der Waals surface area (Å²) in [7, 11) is 0. The van der Waals surface area contributed by atoms with Crippen molar-refractivity contribution in [3.63, 3.8) is 0 Å². The molecule has 3 nitrogen and oxygen atoms in total. The van der Waals surface area contributed by atoms with Gasteiger partial charge in [-0.2, -0.15) is 0 Å². The first-order chi connectivity index (χ1) is 7.16. The quantitative estimate of drug-likeness (QED) is 0.746. The van der Waals surface area contributed by atoms with E-state index in [-0.39, 0.29) is 11.6 Å². The molecule has 4 heteroatoms. The van der Waals surface area contributed by atoms with Gasteiger partial charge in [0, 0.05) is 11.8 Å². The Morgan fingerprint density at radius 3 is 2.40 bits per heavy atom. The highest BCUT2D eigenvalue weighted by Gasteiger charge is 2.01. The van der Waals surface area contributed by atoms with Crippen molar-refractivity contribution in [1.29, 1.82) is 0 Å². The molecule has 0 unspecified atom stereocenters. The van der Waals surface area contributed by atoms with E-state index < -0.39 is 5.56 Å². The van der Waals surface area contributed by atoms with E-state index in [1.807, 2.05) is 0 Å². The Morgan fingerprint density at radius 1 is 1.13 bits per heavy atom. The van der Waals surface area contributed by atoms with Crippen LogP contribution in [0.5, 0.6) is 5.75 Å². The van der Waals surface area contributed by atoms with Gasteiger partial charge in [-0.05, 0) is 23.8 Å². The first-order valence-electron chi connectivity index (χ1n) is 4.34. The average Bonchev–Trinajstić information content (AvgIpc) is 2.23. The lowest BCUT2D eigenvalue weighted by Gasteiger charge is -2.01. The highest BCUT2D eigenvalue weighted by atomic mass is 19.1. The van der Waals surface area contributed by atoms with Crippen LogP contribution in [0.25, 0.3) is 11.1 Å². The van der Waals surface area contributed by atoms with Crippen LogP contribution in [-0.4, -0.2) is 10.1 Å². The minimum absolute atomic E-state index is 0.326. The number of aromatic hydroxyl groups is 1. The lowest BCUT2D eigenvalue weighted by Crippen LogP contribution is -2.03. The van der Waals surface area contributed by atoms with Crippen LogP contribution >= 0.6 is 0 Å². The molecule has 1 heterocycles. The molecule has 0 saturated carbocycles. The summed E-state index contributed by atoms with van der Waals surface area (Å²) in [5.41, 5.74) is 0.816. The van der Waals surface area contributed by atoms with Crippen LogP contribution in [0, 0.1) is 5.82 Å². The molecule has 1 aromatic heterocycles. The number of hydrogen-bond donors (Lipinski definition) is 2. The zero-order valence-corrected chi connectivity index (χ0v) is 7.70. The number of hydrogen-bond acceptors (Lipinski definition) is 2. The zero-order chi connectivity index (χ0) is 10.8. The van der Waals surface area contributed by atoms with Crippen LogP contribution in [0.2, 0.25) is 0 Å². The maximum atomic E-state index is 12.6. The van der Waals surface area contributed by atoms with Crippen LogP contribution in [0.4, 0.5) is 4.39 Å². The summed E-state index contributed by atoms with van der Waals surface area (Å²) in [4.78, 5) is 13.3. The largest absolute Gasteiger partial charge is 0.503 e. The molecule has 0 saturated heterocycles.